The van der Waals surface area contributed by atoms with Crippen molar-refractivity contribution in [2.75, 3.05) is 49.8 Å². The zero-order valence-corrected chi connectivity index (χ0v) is 27.0. The van der Waals surface area contributed by atoms with E-state index in [0.29, 0.717) is 60.4 Å². The van der Waals surface area contributed by atoms with Crippen molar-refractivity contribution in [3.8, 4) is 40.2 Å². The summed E-state index contributed by atoms with van der Waals surface area (Å²) in [5.74, 6) is 3.09. The van der Waals surface area contributed by atoms with Gasteiger partial charge in [-0.3, -0.25) is 9.79 Å². The van der Waals surface area contributed by atoms with E-state index in [2.05, 4.69) is 36.9 Å². The first-order valence-corrected chi connectivity index (χ1v) is 13.7. The van der Waals surface area contributed by atoms with Crippen LogP contribution >= 0.6 is 31.9 Å². The molecule has 0 saturated carbocycles. The number of hydrogen-bond donors (Lipinski definition) is 0. The first-order valence-electron chi connectivity index (χ1n) is 12.2. The van der Waals surface area contributed by atoms with E-state index < -0.39 is 0 Å². The van der Waals surface area contributed by atoms with Gasteiger partial charge >= 0.3 is 0 Å². The number of nitrogens with zero attached hydrogens (tertiary/aromatic N) is 1. The molecule has 9 nitrogen and oxygen atoms in total. The molecule has 0 fully saturated rings. The molecule has 3 rings (SSSR count). The predicted octanol–water partition coefficient (Wildman–Crippen LogP) is 7.42. The van der Waals surface area contributed by atoms with E-state index >= 15 is 0 Å². The van der Waals surface area contributed by atoms with Crippen molar-refractivity contribution in [3.63, 3.8) is 0 Å². The van der Waals surface area contributed by atoms with Gasteiger partial charge in [-0.15, -0.1) is 0 Å². The summed E-state index contributed by atoms with van der Waals surface area (Å²) >= 11 is 7.02. The van der Waals surface area contributed by atoms with Crippen LogP contribution in [0.3, 0.4) is 0 Å². The molecule has 0 aromatic heterocycles. The van der Waals surface area contributed by atoms with Crippen molar-refractivity contribution >= 4 is 61.7 Å². The van der Waals surface area contributed by atoms with Crippen LogP contribution in [0.25, 0.3) is 12.2 Å². The SMILES string of the molecule is COc1cc(/C=C\c2cc(Br)c(OC)c(N=CCC(=O)c3cc(OC)c(OC)c(OC)c3Br)c2)cc(OC)c1OC. The number of Topliss-reactive ketones (excluding diaryl/α,β-unsaturated/α-hetero) is 1. The third kappa shape index (κ3) is 7.15. The third-order valence-electron chi connectivity index (χ3n) is 5.98. The van der Waals surface area contributed by atoms with Gasteiger partial charge in [-0.2, -0.15) is 0 Å². The summed E-state index contributed by atoms with van der Waals surface area (Å²) in [6, 6.07) is 9.07. The topological polar surface area (TPSA) is 94.0 Å². The van der Waals surface area contributed by atoms with Gasteiger partial charge in [0.2, 0.25) is 11.5 Å². The first kappa shape index (κ1) is 31.8. The van der Waals surface area contributed by atoms with Crippen molar-refractivity contribution in [1.82, 2.24) is 0 Å². The highest BCUT2D eigenvalue weighted by molar-refractivity contribution is 9.11. The molecule has 0 saturated heterocycles. The fraction of sp³-hybridized carbons (Fsp3) is 0.267. The summed E-state index contributed by atoms with van der Waals surface area (Å²) in [4.78, 5) is 17.7. The van der Waals surface area contributed by atoms with Crippen LogP contribution in [-0.4, -0.2) is 61.8 Å². The smallest absolute Gasteiger partial charge is 0.204 e. The van der Waals surface area contributed by atoms with Gasteiger partial charge in [0.05, 0.1) is 58.7 Å². The maximum absolute atomic E-state index is 13.1. The van der Waals surface area contributed by atoms with Crippen LogP contribution in [0, 0.1) is 0 Å². The number of ketones is 1. The zero-order valence-electron chi connectivity index (χ0n) is 23.8. The first-order chi connectivity index (χ1) is 19.8. The van der Waals surface area contributed by atoms with Gasteiger partial charge in [0.1, 0.15) is 5.69 Å². The molecule has 0 amide bonds. The molecule has 0 aliphatic heterocycles. The summed E-state index contributed by atoms with van der Waals surface area (Å²) in [7, 11) is 10.7. The highest BCUT2D eigenvalue weighted by Gasteiger charge is 2.22. The van der Waals surface area contributed by atoms with Gasteiger partial charge < -0.3 is 33.2 Å². The van der Waals surface area contributed by atoms with Gasteiger partial charge in [-0.25, -0.2) is 0 Å². The van der Waals surface area contributed by atoms with Crippen LogP contribution < -0.4 is 33.2 Å². The molecule has 41 heavy (non-hydrogen) atoms. The van der Waals surface area contributed by atoms with Gasteiger partial charge in [0.25, 0.3) is 0 Å². The summed E-state index contributed by atoms with van der Waals surface area (Å²) < 4.78 is 39.2. The standard InChI is InChI=1S/C30H31Br2NO8/c1-35-23-14-18(15-24(36-2)28(23)39-5)9-8-17-12-20(31)27(38-4)21(13-17)33-11-10-22(34)19-16-25(37-3)29(40-6)30(41-7)26(19)32/h8-9,11-16H,10H2,1-7H3/b9-8-,33-11?. The quantitative estimate of drug-likeness (QED) is 0.104. The van der Waals surface area contributed by atoms with Crippen LogP contribution in [0.1, 0.15) is 27.9 Å². The number of hydrogen-bond acceptors (Lipinski definition) is 9. The number of ether oxygens (including phenoxy) is 7. The van der Waals surface area contributed by atoms with Crippen molar-refractivity contribution in [2.24, 2.45) is 4.99 Å². The fourth-order valence-corrected chi connectivity index (χ4v) is 5.35. The average Bonchev–Trinajstić information content (AvgIpc) is 2.98. The molecule has 0 bridgehead atoms. The molecule has 0 aliphatic rings. The lowest BCUT2D eigenvalue weighted by atomic mass is 10.1. The molecule has 0 N–H and O–H groups in total. The number of methoxy groups -OCH3 is 7. The van der Waals surface area contributed by atoms with E-state index in [-0.39, 0.29) is 12.2 Å². The molecular formula is C30H31Br2NO8. The largest absolute Gasteiger partial charge is 0.493 e. The number of carbonyl (C=O) groups is 1. The molecule has 0 unspecified atom stereocenters. The Labute approximate surface area is 256 Å². The Balaban J connectivity index is 1.90. The molecule has 0 radical (unpaired) electrons. The van der Waals surface area contributed by atoms with Gasteiger partial charge in [0, 0.05) is 18.2 Å². The van der Waals surface area contributed by atoms with Crippen molar-refractivity contribution in [2.45, 2.75) is 6.42 Å². The molecule has 3 aromatic rings. The monoisotopic (exact) mass is 691 g/mol. The van der Waals surface area contributed by atoms with Crippen molar-refractivity contribution in [3.05, 3.63) is 56.0 Å². The van der Waals surface area contributed by atoms with E-state index in [1.165, 1.54) is 27.5 Å². The third-order valence-corrected chi connectivity index (χ3v) is 7.36. The Morgan fingerprint density at radius 2 is 1.17 bits per heavy atom. The second-order valence-corrected chi connectivity index (χ2v) is 9.94. The van der Waals surface area contributed by atoms with Crippen molar-refractivity contribution < 1.29 is 38.0 Å². The molecule has 3 aromatic carbocycles. The summed E-state index contributed by atoms with van der Waals surface area (Å²) in [5.41, 5.74) is 2.61. The van der Waals surface area contributed by atoms with Crippen LogP contribution in [0.4, 0.5) is 5.69 Å². The summed E-state index contributed by atoms with van der Waals surface area (Å²) in [5, 5.41) is 0. The van der Waals surface area contributed by atoms with Gasteiger partial charge in [0.15, 0.2) is 34.5 Å². The number of aliphatic imine (C=N–C) groups is 1. The normalized spacial score (nSPS) is 11.0. The van der Waals surface area contributed by atoms with E-state index in [9.17, 15) is 4.79 Å². The lowest BCUT2D eigenvalue weighted by Gasteiger charge is -2.16. The van der Waals surface area contributed by atoms with Crippen LogP contribution in [0.15, 0.2) is 44.3 Å². The zero-order chi connectivity index (χ0) is 30.1. The molecule has 0 atom stereocenters. The Bertz CT molecular complexity index is 1440. The lowest BCUT2D eigenvalue weighted by Crippen LogP contribution is -2.05. The number of carbonyl (C=O) groups excluding carboxylic acids is 1. The van der Waals surface area contributed by atoms with E-state index in [1.54, 1.807) is 34.5 Å². The Kier molecular flexibility index (Phi) is 11.5. The number of benzene rings is 3. The second kappa shape index (κ2) is 14.8. The maximum atomic E-state index is 13.1. The highest BCUT2D eigenvalue weighted by Crippen LogP contribution is 2.45. The Hall–Kier alpha value is -3.70. The molecule has 0 heterocycles. The molecular weight excluding hydrogens is 662 g/mol. The minimum absolute atomic E-state index is 0.0174. The van der Waals surface area contributed by atoms with Crippen LogP contribution in [0.2, 0.25) is 0 Å². The fourth-order valence-electron chi connectivity index (χ4n) is 4.04. The minimum Gasteiger partial charge on any atom is -0.493 e. The highest BCUT2D eigenvalue weighted by atomic mass is 79.9. The van der Waals surface area contributed by atoms with Gasteiger partial charge in [-0.05, 0) is 73.3 Å². The van der Waals surface area contributed by atoms with E-state index in [0.717, 1.165) is 11.1 Å². The summed E-state index contributed by atoms with van der Waals surface area (Å²) in [6.07, 6.45) is 5.39. The van der Waals surface area contributed by atoms with Gasteiger partial charge in [-0.1, -0.05) is 12.2 Å². The predicted molar refractivity (Wildman–Crippen MR) is 167 cm³/mol. The average molecular weight is 693 g/mol. The number of halogens is 2. The van der Waals surface area contributed by atoms with Crippen molar-refractivity contribution in [1.29, 1.82) is 0 Å². The van der Waals surface area contributed by atoms with E-state index in [4.69, 9.17) is 33.2 Å². The number of rotatable bonds is 13. The molecule has 218 valence electrons. The Morgan fingerprint density at radius 1 is 0.659 bits per heavy atom. The molecule has 0 aliphatic carbocycles. The molecule has 0 spiro atoms. The molecule has 11 heteroatoms. The summed E-state index contributed by atoms with van der Waals surface area (Å²) in [6.45, 7) is 0. The van der Waals surface area contributed by atoms with Crippen LogP contribution in [0.5, 0.6) is 40.2 Å². The second-order valence-electron chi connectivity index (χ2n) is 8.29. The minimum atomic E-state index is -0.198. The maximum Gasteiger partial charge on any atom is 0.204 e. The Morgan fingerprint density at radius 3 is 1.68 bits per heavy atom. The van der Waals surface area contributed by atoms with E-state index in [1.807, 2.05) is 36.4 Å². The van der Waals surface area contributed by atoms with Crippen LogP contribution in [-0.2, 0) is 0 Å². The lowest BCUT2D eigenvalue weighted by molar-refractivity contribution is 0.1000.